The largest absolute Gasteiger partial charge is 0.380 e. The monoisotopic (exact) mass is 322 g/mol. The fraction of sp³-hybridized carbons (Fsp3) is 0.400. The second-order valence-electron chi connectivity index (χ2n) is 7.88. The molecule has 124 valence electrons. The molecule has 4 atom stereocenters. The standard InChI is InChI=1S/C20H22N2O2/c1-17-12-20(18(2,23)13-8-4-6-10-15(13)22-20)24-19(17,3)14-9-5-7-11-16(14)21-17/h4-11,21-23H,12H2,1-3H3/t17-,18-,19+,20+/m0/s1. The lowest BCUT2D eigenvalue weighted by Gasteiger charge is -2.38. The molecule has 0 radical (unpaired) electrons. The smallest absolute Gasteiger partial charge is 0.175 e. The van der Waals surface area contributed by atoms with Crippen LogP contribution in [0.2, 0.25) is 0 Å². The Morgan fingerprint density at radius 2 is 1.46 bits per heavy atom. The summed E-state index contributed by atoms with van der Waals surface area (Å²) in [5.74, 6) is 0. The van der Waals surface area contributed by atoms with Crippen molar-refractivity contribution in [3.05, 3.63) is 59.7 Å². The Balaban J connectivity index is 1.67. The molecule has 0 amide bonds. The van der Waals surface area contributed by atoms with Gasteiger partial charge in [0.25, 0.3) is 0 Å². The molecule has 4 nitrogen and oxygen atoms in total. The molecule has 0 aromatic heterocycles. The molecule has 3 aliphatic heterocycles. The Morgan fingerprint density at radius 1 is 0.875 bits per heavy atom. The highest BCUT2D eigenvalue weighted by atomic mass is 16.6. The van der Waals surface area contributed by atoms with Crippen molar-refractivity contribution in [2.24, 2.45) is 0 Å². The Hall–Kier alpha value is -2.04. The molecular formula is C20H22N2O2. The third kappa shape index (κ3) is 1.39. The minimum absolute atomic E-state index is 0.296. The zero-order valence-electron chi connectivity index (χ0n) is 14.2. The van der Waals surface area contributed by atoms with E-state index in [2.05, 4.69) is 36.6 Å². The molecule has 2 aromatic carbocycles. The zero-order chi connectivity index (χ0) is 16.8. The summed E-state index contributed by atoms with van der Waals surface area (Å²) in [7, 11) is 0. The number of hydrogen-bond acceptors (Lipinski definition) is 4. The van der Waals surface area contributed by atoms with Crippen molar-refractivity contribution in [2.45, 2.75) is 49.7 Å². The first-order valence-electron chi connectivity index (χ1n) is 8.49. The van der Waals surface area contributed by atoms with E-state index in [0.717, 1.165) is 22.5 Å². The van der Waals surface area contributed by atoms with Crippen molar-refractivity contribution in [1.29, 1.82) is 0 Å². The molecule has 1 spiro atoms. The highest BCUT2D eigenvalue weighted by molar-refractivity contribution is 5.67. The molecule has 1 fully saturated rings. The third-order valence-electron chi connectivity index (χ3n) is 6.46. The van der Waals surface area contributed by atoms with Gasteiger partial charge in [-0.1, -0.05) is 36.4 Å². The Kier molecular flexibility index (Phi) is 2.36. The molecule has 0 aliphatic carbocycles. The van der Waals surface area contributed by atoms with Gasteiger partial charge in [0.05, 0.1) is 5.54 Å². The summed E-state index contributed by atoms with van der Waals surface area (Å²) in [5.41, 5.74) is 1.36. The fourth-order valence-corrected chi connectivity index (χ4v) is 4.90. The molecule has 2 aromatic rings. The van der Waals surface area contributed by atoms with E-state index in [1.165, 1.54) is 0 Å². The average molecular weight is 322 g/mol. The average Bonchev–Trinajstić information content (AvgIpc) is 2.98. The van der Waals surface area contributed by atoms with E-state index >= 15 is 0 Å². The van der Waals surface area contributed by atoms with Crippen molar-refractivity contribution < 1.29 is 9.84 Å². The summed E-state index contributed by atoms with van der Waals surface area (Å²) < 4.78 is 6.72. The molecule has 0 bridgehead atoms. The predicted octanol–water partition coefficient (Wildman–Crippen LogP) is 3.54. The number of ether oxygens (including phenoxy) is 1. The Morgan fingerprint density at radius 3 is 2.12 bits per heavy atom. The van der Waals surface area contributed by atoms with Gasteiger partial charge in [-0.05, 0) is 32.9 Å². The number of fused-ring (bicyclic) bond motifs is 4. The van der Waals surface area contributed by atoms with Gasteiger partial charge in [-0.2, -0.15) is 0 Å². The molecule has 5 rings (SSSR count). The maximum atomic E-state index is 11.4. The first-order valence-corrected chi connectivity index (χ1v) is 8.49. The summed E-state index contributed by atoms with van der Waals surface area (Å²) in [4.78, 5) is 0. The van der Waals surface area contributed by atoms with E-state index in [1.807, 2.05) is 43.3 Å². The first kappa shape index (κ1) is 14.3. The molecule has 0 saturated carbocycles. The van der Waals surface area contributed by atoms with Gasteiger partial charge in [0.2, 0.25) is 0 Å². The Labute approximate surface area is 141 Å². The van der Waals surface area contributed by atoms with Gasteiger partial charge >= 0.3 is 0 Å². The molecule has 3 aliphatic rings. The number of para-hydroxylation sites is 2. The summed E-state index contributed by atoms with van der Waals surface area (Å²) in [6, 6.07) is 16.2. The van der Waals surface area contributed by atoms with Gasteiger partial charge < -0.3 is 20.5 Å². The number of rotatable bonds is 0. The zero-order valence-corrected chi connectivity index (χ0v) is 14.2. The van der Waals surface area contributed by atoms with Crippen LogP contribution in [0.15, 0.2) is 48.5 Å². The molecule has 3 N–H and O–H groups in total. The van der Waals surface area contributed by atoms with E-state index in [-0.39, 0.29) is 5.54 Å². The summed E-state index contributed by atoms with van der Waals surface area (Å²) >= 11 is 0. The molecule has 4 heteroatoms. The summed E-state index contributed by atoms with van der Waals surface area (Å²) in [5, 5.41) is 18.6. The van der Waals surface area contributed by atoms with E-state index in [0.29, 0.717) is 6.42 Å². The fourth-order valence-electron chi connectivity index (χ4n) is 4.90. The quantitative estimate of drug-likeness (QED) is 0.694. The third-order valence-corrected chi connectivity index (χ3v) is 6.46. The lowest BCUT2D eigenvalue weighted by atomic mass is 9.77. The molecule has 1 saturated heterocycles. The number of nitrogens with one attached hydrogen (secondary N) is 2. The lowest BCUT2D eigenvalue weighted by molar-refractivity contribution is -0.181. The van der Waals surface area contributed by atoms with Crippen LogP contribution >= 0.6 is 0 Å². The predicted molar refractivity (Wildman–Crippen MR) is 93.9 cm³/mol. The van der Waals surface area contributed by atoms with Crippen molar-refractivity contribution in [3.63, 3.8) is 0 Å². The van der Waals surface area contributed by atoms with Gasteiger partial charge in [0.1, 0.15) is 11.2 Å². The topological polar surface area (TPSA) is 53.5 Å². The van der Waals surface area contributed by atoms with E-state index in [9.17, 15) is 5.11 Å². The molecule has 3 heterocycles. The normalized spacial score (nSPS) is 41.5. The molecular weight excluding hydrogens is 300 g/mol. The number of anilines is 2. The summed E-state index contributed by atoms with van der Waals surface area (Å²) in [6.07, 6.45) is 0.660. The first-order chi connectivity index (χ1) is 11.3. The van der Waals surface area contributed by atoms with Crippen LogP contribution in [0.5, 0.6) is 0 Å². The number of benzene rings is 2. The van der Waals surface area contributed by atoms with Crippen LogP contribution in [-0.2, 0) is 15.9 Å². The van der Waals surface area contributed by atoms with Crippen LogP contribution in [0, 0.1) is 0 Å². The van der Waals surface area contributed by atoms with Crippen molar-refractivity contribution >= 4 is 11.4 Å². The minimum Gasteiger partial charge on any atom is -0.380 e. The number of hydrogen-bond donors (Lipinski definition) is 3. The van der Waals surface area contributed by atoms with Gasteiger partial charge in [0, 0.05) is 28.9 Å². The highest BCUT2D eigenvalue weighted by Crippen LogP contribution is 2.64. The SMILES string of the molecule is C[C@]1(O)c2ccccc2N[C@@]12C[C@]1(C)Nc3ccccc3[C@@]1(C)O2. The van der Waals surface area contributed by atoms with E-state index in [1.54, 1.807) is 0 Å². The lowest BCUT2D eigenvalue weighted by Crippen LogP contribution is -2.52. The van der Waals surface area contributed by atoms with Crippen LogP contribution < -0.4 is 10.6 Å². The minimum atomic E-state index is -1.10. The molecule has 24 heavy (non-hydrogen) atoms. The van der Waals surface area contributed by atoms with Crippen molar-refractivity contribution in [1.82, 2.24) is 0 Å². The second kappa shape index (κ2) is 3.95. The molecule has 0 unspecified atom stereocenters. The van der Waals surface area contributed by atoms with E-state index in [4.69, 9.17) is 4.74 Å². The van der Waals surface area contributed by atoms with Gasteiger partial charge in [-0.25, -0.2) is 0 Å². The Bertz CT molecular complexity index is 864. The summed E-state index contributed by atoms with van der Waals surface area (Å²) in [6.45, 7) is 6.16. The van der Waals surface area contributed by atoms with Crippen LogP contribution in [0.4, 0.5) is 11.4 Å². The van der Waals surface area contributed by atoms with Crippen LogP contribution in [-0.4, -0.2) is 16.4 Å². The van der Waals surface area contributed by atoms with Crippen molar-refractivity contribution in [2.75, 3.05) is 10.6 Å². The van der Waals surface area contributed by atoms with Gasteiger partial charge in [-0.3, -0.25) is 0 Å². The second-order valence-corrected chi connectivity index (χ2v) is 7.88. The van der Waals surface area contributed by atoms with E-state index < -0.39 is 16.9 Å². The maximum absolute atomic E-state index is 11.4. The van der Waals surface area contributed by atoms with Crippen LogP contribution in [0.1, 0.15) is 38.3 Å². The van der Waals surface area contributed by atoms with Gasteiger partial charge in [-0.15, -0.1) is 0 Å². The van der Waals surface area contributed by atoms with Gasteiger partial charge in [0.15, 0.2) is 5.72 Å². The number of aliphatic hydroxyl groups is 1. The maximum Gasteiger partial charge on any atom is 0.175 e. The van der Waals surface area contributed by atoms with Crippen LogP contribution in [0.25, 0.3) is 0 Å². The van der Waals surface area contributed by atoms with Crippen LogP contribution in [0.3, 0.4) is 0 Å². The van der Waals surface area contributed by atoms with Crippen molar-refractivity contribution in [3.8, 4) is 0 Å². The highest BCUT2D eigenvalue weighted by Gasteiger charge is 2.71.